The van der Waals surface area contributed by atoms with Crippen molar-refractivity contribution in [2.45, 2.75) is 26.7 Å². The second kappa shape index (κ2) is 11.5. The fraction of sp³-hybridized carbons (Fsp3) is 0.280. The van der Waals surface area contributed by atoms with Gasteiger partial charge in [-0.15, -0.1) is 10.1 Å². The van der Waals surface area contributed by atoms with E-state index in [0.29, 0.717) is 16.6 Å². The van der Waals surface area contributed by atoms with E-state index >= 15 is 0 Å². The van der Waals surface area contributed by atoms with Gasteiger partial charge in [-0.3, -0.25) is 4.79 Å². The van der Waals surface area contributed by atoms with Gasteiger partial charge >= 0.3 is 0 Å². The number of carbonyl (C=O) groups is 1. The molecule has 0 unspecified atom stereocenters. The van der Waals surface area contributed by atoms with E-state index in [1.165, 1.54) is 0 Å². The number of halogens is 2. The van der Waals surface area contributed by atoms with E-state index < -0.39 is 0 Å². The van der Waals surface area contributed by atoms with Crippen molar-refractivity contribution in [3.63, 3.8) is 0 Å². The molecular formula is C25H28Br2N3O3+. The zero-order chi connectivity index (χ0) is 24.0. The quantitative estimate of drug-likeness (QED) is 0.177. The number of aromatic hydroxyl groups is 2. The Hall–Kier alpha value is -2.58. The second-order valence-corrected chi connectivity index (χ2v) is 9.42. The van der Waals surface area contributed by atoms with Crippen molar-refractivity contribution < 1.29 is 19.7 Å². The van der Waals surface area contributed by atoms with Crippen LogP contribution in [0.3, 0.4) is 0 Å². The molecule has 3 aromatic carbocycles. The number of hydrogen-bond donors (Lipinski definition) is 3. The fourth-order valence-electron chi connectivity index (χ4n) is 3.59. The minimum absolute atomic E-state index is 0.0821. The number of fused-ring (bicyclic) bond motifs is 1. The molecule has 0 radical (unpaired) electrons. The number of anilines is 1. The van der Waals surface area contributed by atoms with Gasteiger partial charge in [0.15, 0.2) is 6.54 Å². The van der Waals surface area contributed by atoms with Gasteiger partial charge in [0.1, 0.15) is 22.5 Å². The van der Waals surface area contributed by atoms with Crippen molar-refractivity contribution in [2.24, 2.45) is 0 Å². The van der Waals surface area contributed by atoms with E-state index in [-0.39, 0.29) is 28.4 Å². The van der Waals surface area contributed by atoms with E-state index in [9.17, 15) is 15.0 Å². The van der Waals surface area contributed by atoms with Crippen molar-refractivity contribution in [2.75, 3.05) is 24.5 Å². The summed E-state index contributed by atoms with van der Waals surface area (Å²) in [6.07, 6.45) is 3.36. The highest BCUT2D eigenvalue weighted by Gasteiger charge is 2.19. The van der Waals surface area contributed by atoms with E-state index in [2.05, 4.69) is 73.4 Å². The molecule has 33 heavy (non-hydrogen) atoms. The van der Waals surface area contributed by atoms with Crippen LogP contribution in [0.4, 0.5) is 5.69 Å². The number of rotatable bonds is 9. The Morgan fingerprint density at radius 1 is 1.03 bits per heavy atom. The molecule has 1 amide bonds. The Morgan fingerprint density at radius 2 is 1.76 bits per heavy atom. The smallest absolute Gasteiger partial charge is 0.293 e. The minimum atomic E-state index is -0.155. The third-order valence-corrected chi connectivity index (χ3v) is 6.51. The highest BCUT2D eigenvalue weighted by molar-refractivity contribution is 9.11. The summed E-state index contributed by atoms with van der Waals surface area (Å²) in [4.78, 5) is 15.0. The average Bonchev–Trinajstić information content (AvgIpc) is 2.80. The molecule has 0 fully saturated rings. The zero-order valence-electron chi connectivity index (χ0n) is 18.7. The summed E-state index contributed by atoms with van der Waals surface area (Å²) >= 11 is 6.47. The number of hydrazone groups is 1. The van der Waals surface area contributed by atoms with Crippen molar-refractivity contribution in [3.05, 3.63) is 63.0 Å². The highest BCUT2D eigenvalue weighted by Crippen LogP contribution is 2.40. The van der Waals surface area contributed by atoms with Crippen LogP contribution in [0.25, 0.3) is 10.8 Å². The molecule has 0 aliphatic rings. The molecule has 8 heteroatoms. The van der Waals surface area contributed by atoms with Crippen LogP contribution in [0, 0.1) is 0 Å². The number of phenolic OH excluding ortho intramolecular Hbond substituents is 2. The number of benzene rings is 3. The lowest BCUT2D eigenvalue weighted by Gasteiger charge is -2.23. The van der Waals surface area contributed by atoms with E-state index in [1.807, 2.05) is 25.1 Å². The van der Waals surface area contributed by atoms with Gasteiger partial charge in [-0.1, -0.05) is 44.2 Å². The van der Waals surface area contributed by atoms with Crippen molar-refractivity contribution in [1.29, 1.82) is 0 Å². The minimum Gasteiger partial charge on any atom is -0.506 e. The number of nitrogens with one attached hydrogen (secondary N) is 1. The highest BCUT2D eigenvalue weighted by atomic mass is 79.9. The summed E-state index contributed by atoms with van der Waals surface area (Å²) in [5.74, 6) is -0.339. The number of hydrazine groups is 1. The number of amides is 1. The van der Waals surface area contributed by atoms with Gasteiger partial charge < -0.3 is 15.1 Å². The molecule has 0 bridgehead atoms. The molecule has 0 saturated heterocycles. The number of nitrogens with zero attached hydrogens (tertiary/aromatic N) is 2. The van der Waals surface area contributed by atoms with Gasteiger partial charge in [-0.05, 0) is 67.3 Å². The first-order valence-electron chi connectivity index (χ1n) is 10.9. The maximum atomic E-state index is 13.0. The van der Waals surface area contributed by atoms with Crippen molar-refractivity contribution in [1.82, 2.24) is 5.43 Å². The van der Waals surface area contributed by atoms with Crippen LogP contribution in [0.5, 0.6) is 11.5 Å². The van der Waals surface area contributed by atoms with Gasteiger partial charge in [-0.2, -0.15) is 0 Å². The largest absolute Gasteiger partial charge is 0.506 e. The molecule has 0 spiro atoms. The summed E-state index contributed by atoms with van der Waals surface area (Å²) in [5.41, 5.74) is 4.40. The molecule has 0 aliphatic carbocycles. The van der Waals surface area contributed by atoms with Gasteiger partial charge in [0.05, 0.1) is 10.0 Å². The summed E-state index contributed by atoms with van der Waals surface area (Å²) in [7, 11) is 0. The Labute approximate surface area is 210 Å². The maximum Gasteiger partial charge on any atom is 0.293 e. The first-order valence-corrected chi connectivity index (χ1v) is 12.5. The number of carbonyl (C=O) groups excluding carboxylic acids is 1. The monoisotopic (exact) mass is 576 g/mol. The topological polar surface area (TPSA) is 75.8 Å². The Kier molecular flexibility index (Phi) is 8.74. The predicted octanol–water partition coefficient (Wildman–Crippen LogP) is 5.57. The van der Waals surface area contributed by atoms with Crippen LogP contribution >= 0.6 is 31.9 Å². The predicted molar refractivity (Wildman–Crippen MR) is 140 cm³/mol. The molecule has 174 valence electrons. The summed E-state index contributed by atoms with van der Waals surface area (Å²) < 4.78 is 2.29. The summed E-state index contributed by atoms with van der Waals surface area (Å²) in [6.45, 7) is 5.61. The maximum absolute atomic E-state index is 13.0. The fourth-order valence-corrected chi connectivity index (χ4v) is 4.74. The summed E-state index contributed by atoms with van der Waals surface area (Å²) in [6, 6.07) is 16.0. The first kappa shape index (κ1) is 25.1. The van der Waals surface area contributed by atoms with Crippen LogP contribution in [0.15, 0.2) is 57.5 Å². The second-order valence-electron chi connectivity index (χ2n) is 7.77. The average molecular weight is 578 g/mol. The lowest BCUT2D eigenvalue weighted by atomic mass is 10.1. The first-order chi connectivity index (χ1) is 15.8. The lowest BCUT2D eigenvalue weighted by molar-refractivity contribution is -0.569. The standard InChI is InChI=1S/C25H27Br2N3O3/c1-3-11-29(20-10-9-17-7-5-6-8-18(17)13-20)16-22(31)28-30(12-4-2)15-19-14-21(26)25(33)23(27)24(19)32/h5-10,13-15H,3-4,11-12,16H2,1-2H3,(H2,28,31,32,33)/p+1. The number of phenols is 2. The van der Waals surface area contributed by atoms with Crippen molar-refractivity contribution >= 4 is 60.4 Å². The molecule has 0 saturated carbocycles. The molecule has 3 aromatic rings. The van der Waals surface area contributed by atoms with Gasteiger partial charge in [0.25, 0.3) is 5.91 Å². The summed E-state index contributed by atoms with van der Waals surface area (Å²) in [5, 5.41) is 22.7. The van der Waals surface area contributed by atoms with Crippen LogP contribution < -0.4 is 10.3 Å². The molecular weight excluding hydrogens is 550 g/mol. The van der Waals surface area contributed by atoms with Crippen LogP contribution in [-0.4, -0.2) is 46.7 Å². The van der Waals surface area contributed by atoms with E-state index in [1.54, 1.807) is 17.0 Å². The Bertz CT molecular complexity index is 1180. The van der Waals surface area contributed by atoms with Gasteiger partial charge in [-0.25, -0.2) is 0 Å². The van der Waals surface area contributed by atoms with Crippen LogP contribution in [0.1, 0.15) is 32.3 Å². The molecule has 0 heterocycles. The molecule has 3 N–H and O–H groups in total. The SMILES string of the molecule is CCCN(CC(=O)N/[N+](=C/c1cc(Br)c(O)c(Br)c1O)CCC)c1ccc2ccccc2c1. The number of hydrogen-bond acceptors (Lipinski definition) is 4. The normalized spacial score (nSPS) is 11.6. The Morgan fingerprint density at radius 3 is 2.45 bits per heavy atom. The molecule has 6 nitrogen and oxygen atoms in total. The van der Waals surface area contributed by atoms with Crippen LogP contribution in [-0.2, 0) is 4.79 Å². The van der Waals surface area contributed by atoms with Crippen LogP contribution in [0.2, 0.25) is 0 Å². The molecule has 0 atom stereocenters. The van der Waals surface area contributed by atoms with Gasteiger partial charge in [0, 0.05) is 18.7 Å². The van der Waals surface area contributed by atoms with Gasteiger partial charge in [0.2, 0.25) is 6.21 Å². The lowest BCUT2D eigenvalue weighted by Crippen LogP contribution is -2.43. The third kappa shape index (κ3) is 6.26. The van der Waals surface area contributed by atoms with Crippen molar-refractivity contribution in [3.8, 4) is 11.5 Å². The molecule has 0 aromatic heterocycles. The van der Waals surface area contributed by atoms with E-state index in [0.717, 1.165) is 35.8 Å². The molecule has 0 aliphatic heterocycles. The molecule has 3 rings (SSSR count). The van der Waals surface area contributed by atoms with E-state index in [4.69, 9.17) is 0 Å². The third-order valence-electron chi connectivity index (χ3n) is 5.15. The zero-order valence-corrected chi connectivity index (χ0v) is 21.9. The Balaban J connectivity index is 1.82.